The van der Waals surface area contributed by atoms with E-state index in [0.717, 1.165) is 5.56 Å². The van der Waals surface area contributed by atoms with E-state index in [9.17, 15) is 9.59 Å². The van der Waals surface area contributed by atoms with E-state index in [4.69, 9.17) is 14.6 Å². The van der Waals surface area contributed by atoms with Crippen molar-refractivity contribution in [2.45, 2.75) is 13.8 Å². The van der Waals surface area contributed by atoms with Crippen LogP contribution in [0.1, 0.15) is 38.8 Å². The third kappa shape index (κ3) is 4.17. The molecule has 0 aliphatic carbocycles. The van der Waals surface area contributed by atoms with Gasteiger partial charge >= 0.3 is 5.97 Å². The molecule has 2 aromatic carbocycles. The summed E-state index contributed by atoms with van der Waals surface area (Å²) in [5.74, 6) is -0.806. The van der Waals surface area contributed by atoms with Gasteiger partial charge in [-0.1, -0.05) is 18.2 Å². The monoisotopic (exact) mass is 314 g/mol. The Kier molecular flexibility index (Phi) is 5.49. The van der Waals surface area contributed by atoms with Crippen molar-refractivity contribution in [1.29, 1.82) is 0 Å². The maximum Gasteiger partial charge on any atom is 0.335 e. The Morgan fingerprint density at radius 3 is 2.30 bits per heavy atom. The van der Waals surface area contributed by atoms with Crippen molar-refractivity contribution in [3.05, 3.63) is 64.7 Å². The molecule has 0 fully saturated rings. The lowest BCUT2D eigenvalue weighted by molar-refractivity contribution is 0.0219. The van der Waals surface area contributed by atoms with E-state index >= 15 is 0 Å². The molecule has 0 aromatic heterocycles. The van der Waals surface area contributed by atoms with Crippen LogP contribution in [0.5, 0.6) is 5.75 Å². The van der Waals surface area contributed by atoms with Gasteiger partial charge in [-0.2, -0.15) is 0 Å². The molecular weight excluding hydrogens is 296 g/mol. The number of carboxylic acid groups (broad SMARTS) is 1. The first-order chi connectivity index (χ1) is 11.0. The van der Waals surface area contributed by atoms with Crippen molar-refractivity contribution >= 4 is 11.8 Å². The van der Waals surface area contributed by atoms with Crippen molar-refractivity contribution in [2.24, 2.45) is 0 Å². The summed E-state index contributed by atoms with van der Waals surface area (Å²) in [6.45, 7) is 4.35. The number of carboxylic acids is 1. The zero-order chi connectivity index (χ0) is 16.8. The largest absolute Gasteiger partial charge is 0.478 e. The summed E-state index contributed by atoms with van der Waals surface area (Å²) < 4.78 is 10.7. The number of carbonyl (C=O) groups is 2. The van der Waals surface area contributed by atoms with Crippen LogP contribution < -0.4 is 4.74 Å². The van der Waals surface area contributed by atoms with Gasteiger partial charge in [0.2, 0.25) is 0 Å². The molecule has 0 unspecified atom stereocenters. The molecule has 1 N–H and O–H groups in total. The van der Waals surface area contributed by atoms with Gasteiger partial charge in [0.05, 0.1) is 11.1 Å². The van der Waals surface area contributed by atoms with Crippen LogP contribution in [0.25, 0.3) is 0 Å². The Bertz CT molecular complexity index is 704. The van der Waals surface area contributed by atoms with Crippen molar-refractivity contribution in [1.82, 2.24) is 0 Å². The topological polar surface area (TPSA) is 72.8 Å². The van der Waals surface area contributed by atoms with E-state index in [2.05, 4.69) is 0 Å². The van der Waals surface area contributed by atoms with Crippen molar-refractivity contribution < 1.29 is 24.2 Å². The summed E-state index contributed by atoms with van der Waals surface area (Å²) >= 11 is 0. The highest BCUT2D eigenvalue weighted by Crippen LogP contribution is 2.24. The van der Waals surface area contributed by atoms with E-state index < -0.39 is 5.97 Å². The molecule has 0 aliphatic rings. The number of ether oxygens (including phenoxy) is 2. The molecule has 2 aromatic rings. The predicted molar refractivity (Wildman–Crippen MR) is 85.1 cm³/mol. The van der Waals surface area contributed by atoms with Gasteiger partial charge in [0.15, 0.2) is 12.6 Å². The molecule has 5 heteroatoms. The maximum absolute atomic E-state index is 12.6. The van der Waals surface area contributed by atoms with Crippen molar-refractivity contribution in [2.75, 3.05) is 13.4 Å². The Hall–Kier alpha value is -2.66. The smallest absolute Gasteiger partial charge is 0.335 e. The fourth-order valence-corrected chi connectivity index (χ4v) is 2.04. The predicted octanol–water partition coefficient (Wildman–Crippen LogP) is 3.30. The molecule has 0 atom stereocenters. The van der Waals surface area contributed by atoms with Crippen LogP contribution in [0.2, 0.25) is 0 Å². The minimum absolute atomic E-state index is 0.0676. The number of aryl methyl sites for hydroxylation is 1. The molecule has 0 aliphatic heterocycles. The molecule has 0 heterocycles. The van der Waals surface area contributed by atoms with Crippen LogP contribution in [0, 0.1) is 6.92 Å². The molecule has 0 saturated heterocycles. The first-order valence-corrected chi connectivity index (χ1v) is 7.22. The van der Waals surface area contributed by atoms with Gasteiger partial charge in [0.25, 0.3) is 0 Å². The summed E-state index contributed by atoms with van der Waals surface area (Å²) in [5.41, 5.74) is 1.92. The summed E-state index contributed by atoms with van der Waals surface area (Å²) in [6, 6.07) is 11.1. The van der Waals surface area contributed by atoms with E-state index in [1.165, 1.54) is 24.3 Å². The fraction of sp³-hybridized carbons (Fsp3) is 0.222. The molecule has 5 nitrogen and oxygen atoms in total. The van der Waals surface area contributed by atoms with E-state index in [1.54, 1.807) is 12.1 Å². The first-order valence-electron chi connectivity index (χ1n) is 7.22. The third-order valence-electron chi connectivity index (χ3n) is 3.28. The van der Waals surface area contributed by atoms with Gasteiger partial charge in [-0.25, -0.2) is 4.79 Å². The first kappa shape index (κ1) is 16.7. The SMILES string of the molecule is CCOCOc1cc(C)ccc1C(=O)c1ccc(C(=O)O)cc1. The molecule has 23 heavy (non-hydrogen) atoms. The molecule has 0 amide bonds. The molecule has 0 radical (unpaired) electrons. The van der Waals surface area contributed by atoms with Crippen LogP contribution in [-0.2, 0) is 4.74 Å². The van der Waals surface area contributed by atoms with Gasteiger partial charge in [0, 0.05) is 12.2 Å². The standard InChI is InChI=1S/C18H18O5/c1-3-22-11-23-16-10-12(2)4-9-15(16)17(19)13-5-7-14(8-6-13)18(20)21/h4-10H,3,11H2,1-2H3,(H,20,21). The maximum atomic E-state index is 12.6. The van der Waals surface area contributed by atoms with Crippen molar-refractivity contribution in [3.63, 3.8) is 0 Å². The normalized spacial score (nSPS) is 10.3. The number of ketones is 1. The molecule has 0 spiro atoms. The highest BCUT2D eigenvalue weighted by Gasteiger charge is 2.16. The van der Waals surface area contributed by atoms with Gasteiger partial charge in [-0.3, -0.25) is 4.79 Å². The average molecular weight is 314 g/mol. The van der Waals surface area contributed by atoms with Crippen LogP contribution in [0.3, 0.4) is 0 Å². The quantitative estimate of drug-likeness (QED) is 0.482. The third-order valence-corrected chi connectivity index (χ3v) is 3.28. The minimum Gasteiger partial charge on any atom is -0.478 e. The molecule has 2 rings (SSSR count). The molecule has 120 valence electrons. The minimum atomic E-state index is -1.03. The summed E-state index contributed by atoms with van der Waals surface area (Å²) in [7, 11) is 0. The average Bonchev–Trinajstić information content (AvgIpc) is 2.55. The molecule has 0 saturated carbocycles. The number of aromatic carboxylic acids is 1. The molecular formula is C18H18O5. The van der Waals surface area contributed by atoms with Crippen LogP contribution in [0.15, 0.2) is 42.5 Å². The lowest BCUT2D eigenvalue weighted by Crippen LogP contribution is -2.09. The van der Waals surface area contributed by atoms with Crippen LogP contribution in [-0.4, -0.2) is 30.3 Å². The van der Waals surface area contributed by atoms with Crippen LogP contribution in [0.4, 0.5) is 0 Å². The Balaban J connectivity index is 2.28. The number of rotatable bonds is 7. The van der Waals surface area contributed by atoms with Crippen molar-refractivity contribution in [3.8, 4) is 5.75 Å². The van der Waals surface area contributed by atoms with E-state index in [1.807, 2.05) is 19.9 Å². The lowest BCUT2D eigenvalue weighted by Gasteiger charge is -2.12. The molecule has 0 bridgehead atoms. The van der Waals surface area contributed by atoms with Gasteiger partial charge in [-0.15, -0.1) is 0 Å². The summed E-state index contributed by atoms with van der Waals surface area (Å²) in [4.78, 5) is 23.5. The second kappa shape index (κ2) is 7.56. The summed E-state index contributed by atoms with van der Waals surface area (Å²) in [6.07, 6.45) is 0. The van der Waals surface area contributed by atoms with Crippen LogP contribution >= 0.6 is 0 Å². The number of benzene rings is 2. The van der Waals surface area contributed by atoms with E-state index in [-0.39, 0.29) is 18.1 Å². The summed E-state index contributed by atoms with van der Waals surface area (Å²) in [5, 5.41) is 8.91. The van der Waals surface area contributed by atoms with Gasteiger partial charge in [-0.05, 0) is 43.7 Å². The fourth-order valence-electron chi connectivity index (χ4n) is 2.04. The second-order valence-corrected chi connectivity index (χ2v) is 4.97. The number of hydrogen-bond acceptors (Lipinski definition) is 4. The highest BCUT2D eigenvalue weighted by molar-refractivity contribution is 6.11. The van der Waals surface area contributed by atoms with Gasteiger partial charge in [0.1, 0.15) is 5.75 Å². The lowest BCUT2D eigenvalue weighted by atomic mass is 10.00. The second-order valence-electron chi connectivity index (χ2n) is 4.97. The number of carbonyl (C=O) groups excluding carboxylic acids is 1. The zero-order valence-corrected chi connectivity index (χ0v) is 13.0. The van der Waals surface area contributed by atoms with Gasteiger partial charge < -0.3 is 14.6 Å². The zero-order valence-electron chi connectivity index (χ0n) is 13.0. The highest BCUT2D eigenvalue weighted by atomic mass is 16.7. The Labute approximate surface area is 134 Å². The Morgan fingerprint density at radius 2 is 1.70 bits per heavy atom. The number of hydrogen-bond donors (Lipinski definition) is 1. The van der Waals surface area contributed by atoms with E-state index in [0.29, 0.717) is 23.5 Å². The Morgan fingerprint density at radius 1 is 1.04 bits per heavy atom.